The minimum Gasteiger partial charge on any atom is -0.508 e. The molecule has 0 atom stereocenters. The number of nitrogens with one attached hydrogen (secondary N) is 1. The van der Waals surface area contributed by atoms with Gasteiger partial charge in [0, 0.05) is 54.5 Å². The number of imidazole rings is 1. The lowest BCUT2D eigenvalue weighted by Crippen LogP contribution is -2.47. The molecule has 0 bridgehead atoms. The molecule has 1 aliphatic rings. The van der Waals surface area contributed by atoms with Crippen LogP contribution in [0.2, 0.25) is 0 Å². The van der Waals surface area contributed by atoms with Crippen molar-refractivity contribution in [2.75, 3.05) is 42.6 Å². The van der Waals surface area contributed by atoms with Gasteiger partial charge in [-0.1, -0.05) is 18.2 Å². The summed E-state index contributed by atoms with van der Waals surface area (Å²) in [5, 5.41) is 10.7. The van der Waals surface area contributed by atoms with E-state index in [0.717, 1.165) is 54.0 Å². The van der Waals surface area contributed by atoms with Gasteiger partial charge in [-0.25, -0.2) is 9.97 Å². The number of fused-ring (bicyclic) bond motifs is 2. The van der Waals surface area contributed by atoms with Crippen molar-refractivity contribution in [1.29, 1.82) is 0 Å². The number of hydrogen-bond acceptors (Lipinski definition) is 8. The zero-order valence-corrected chi connectivity index (χ0v) is 20.5. The molecule has 0 aliphatic carbocycles. The normalized spacial score (nSPS) is 14.0. The second-order valence-corrected chi connectivity index (χ2v) is 8.96. The summed E-state index contributed by atoms with van der Waals surface area (Å²) in [4.78, 5) is 34.5. The average Bonchev–Trinajstić information content (AvgIpc) is 3.53. The molecule has 0 spiro atoms. The summed E-state index contributed by atoms with van der Waals surface area (Å²) >= 11 is 0. The topological polar surface area (TPSA) is 112 Å². The zero-order chi connectivity index (χ0) is 25.4. The van der Waals surface area contributed by atoms with Crippen LogP contribution in [-0.2, 0) is 16.1 Å². The Kier molecular flexibility index (Phi) is 5.84. The Labute approximate surface area is 213 Å². The van der Waals surface area contributed by atoms with Gasteiger partial charge in [-0.2, -0.15) is 4.98 Å². The Morgan fingerprint density at radius 2 is 1.78 bits per heavy atom. The molecule has 10 heteroatoms. The number of rotatable bonds is 6. The monoisotopic (exact) mass is 497 g/mol. The molecule has 1 fully saturated rings. The number of carbonyl (C=O) groups excluding carboxylic acids is 1. The van der Waals surface area contributed by atoms with Crippen molar-refractivity contribution >= 4 is 39.7 Å². The predicted octanol–water partition coefficient (Wildman–Crippen LogP) is 3.57. The second kappa shape index (κ2) is 9.45. The van der Waals surface area contributed by atoms with E-state index in [9.17, 15) is 9.90 Å². The largest absolute Gasteiger partial charge is 0.508 e. The molecule has 0 unspecified atom stereocenters. The lowest BCUT2D eigenvalue weighted by atomic mass is 10.1. The van der Waals surface area contributed by atoms with Crippen LogP contribution in [0.15, 0.2) is 61.1 Å². The zero-order valence-electron chi connectivity index (χ0n) is 20.5. The van der Waals surface area contributed by atoms with Gasteiger partial charge in [-0.15, -0.1) is 0 Å². The molecular formula is C27H27N7O3. The van der Waals surface area contributed by atoms with E-state index in [1.165, 1.54) is 0 Å². The number of nitrogens with zero attached hydrogens (tertiary/aromatic N) is 6. The lowest BCUT2D eigenvalue weighted by molar-refractivity contribution is -0.143. The van der Waals surface area contributed by atoms with Crippen LogP contribution in [-0.4, -0.2) is 68.4 Å². The fourth-order valence-electron chi connectivity index (χ4n) is 4.82. The number of carbonyl (C=O) groups is 1. The number of anilines is 2. The standard InChI is InChI=1S/C27H27N7O3/c1-2-37-23(36)16-34-17-29-25-24(21-15-28-22-6-4-3-5-20(21)22)30-27(31-26(25)34)33-13-11-32(12-14-33)18-7-9-19(35)10-8-18/h3-10,15,17,28,35H,2,11-14,16H2,1H3. The minimum atomic E-state index is -0.335. The summed E-state index contributed by atoms with van der Waals surface area (Å²) in [6.45, 7) is 5.17. The number of piperazine rings is 1. The summed E-state index contributed by atoms with van der Waals surface area (Å²) in [6.07, 6.45) is 3.57. The van der Waals surface area contributed by atoms with Crippen molar-refractivity contribution in [1.82, 2.24) is 24.5 Å². The lowest BCUT2D eigenvalue weighted by Gasteiger charge is -2.36. The highest BCUT2D eigenvalue weighted by Crippen LogP contribution is 2.33. The van der Waals surface area contributed by atoms with Crippen LogP contribution in [0.1, 0.15) is 6.92 Å². The highest BCUT2D eigenvalue weighted by Gasteiger charge is 2.24. The molecule has 188 valence electrons. The van der Waals surface area contributed by atoms with Crippen LogP contribution in [0, 0.1) is 0 Å². The third-order valence-corrected chi connectivity index (χ3v) is 6.68. The van der Waals surface area contributed by atoms with Crippen LogP contribution in [0.4, 0.5) is 11.6 Å². The van der Waals surface area contributed by atoms with Crippen molar-refractivity contribution in [3.8, 4) is 17.0 Å². The number of ether oxygens (including phenoxy) is 1. The van der Waals surface area contributed by atoms with Gasteiger partial charge >= 0.3 is 5.97 Å². The van der Waals surface area contributed by atoms with Crippen LogP contribution in [0.5, 0.6) is 5.75 Å². The first-order valence-corrected chi connectivity index (χ1v) is 12.3. The number of phenolic OH excluding ortho intramolecular Hbond substituents is 1. The van der Waals surface area contributed by atoms with Gasteiger partial charge in [-0.05, 0) is 37.3 Å². The molecule has 3 aromatic heterocycles. The maximum Gasteiger partial charge on any atom is 0.326 e. The third-order valence-electron chi connectivity index (χ3n) is 6.68. The van der Waals surface area contributed by atoms with E-state index in [1.807, 2.05) is 36.5 Å². The first-order chi connectivity index (χ1) is 18.1. The number of aromatic amines is 1. The Hall–Kier alpha value is -4.60. The Balaban J connectivity index is 1.38. The summed E-state index contributed by atoms with van der Waals surface area (Å²) in [6, 6.07) is 15.3. The first-order valence-electron chi connectivity index (χ1n) is 12.3. The number of benzene rings is 2. The van der Waals surface area contributed by atoms with Crippen molar-refractivity contribution in [2.24, 2.45) is 0 Å². The van der Waals surface area contributed by atoms with Crippen LogP contribution in [0.25, 0.3) is 33.3 Å². The maximum absolute atomic E-state index is 12.3. The molecule has 4 heterocycles. The van der Waals surface area contributed by atoms with Crippen molar-refractivity contribution < 1.29 is 14.6 Å². The molecule has 0 saturated carbocycles. The van der Waals surface area contributed by atoms with E-state index in [4.69, 9.17) is 14.7 Å². The number of aromatic hydroxyl groups is 1. The number of hydrogen-bond donors (Lipinski definition) is 2. The Bertz CT molecular complexity index is 1570. The summed E-state index contributed by atoms with van der Waals surface area (Å²) in [5.41, 5.74) is 4.98. The van der Waals surface area contributed by atoms with Crippen molar-refractivity contribution in [3.63, 3.8) is 0 Å². The molecule has 0 radical (unpaired) electrons. The minimum absolute atomic E-state index is 0.0305. The predicted molar refractivity (Wildman–Crippen MR) is 142 cm³/mol. The maximum atomic E-state index is 12.3. The Morgan fingerprint density at radius 1 is 1.03 bits per heavy atom. The highest BCUT2D eigenvalue weighted by atomic mass is 16.5. The van der Waals surface area contributed by atoms with E-state index in [1.54, 1.807) is 30.0 Å². The van der Waals surface area contributed by atoms with Gasteiger partial charge in [0.05, 0.1) is 12.9 Å². The quantitative estimate of drug-likeness (QED) is 0.343. The Morgan fingerprint density at radius 3 is 2.57 bits per heavy atom. The summed E-state index contributed by atoms with van der Waals surface area (Å²) in [5.74, 6) is 0.523. The van der Waals surface area contributed by atoms with E-state index in [0.29, 0.717) is 23.7 Å². The SMILES string of the molecule is CCOC(=O)Cn1cnc2c(-c3c[nH]c4ccccc34)nc(N3CCN(c4ccc(O)cc4)CC3)nc21. The van der Waals surface area contributed by atoms with Crippen LogP contribution < -0.4 is 9.80 Å². The van der Waals surface area contributed by atoms with E-state index in [2.05, 4.69) is 25.8 Å². The number of aromatic nitrogens is 5. The fraction of sp³-hybridized carbons (Fsp3) is 0.259. The molecule has 5 aromatic rings. The molecule has 1 saturated heterocycles. The van der Waals surface area contributed by atoms with Gasteiger partial charge in [0.25, 0.3) is 0 Å². The van der Waals surface area contributed by atoms with Crippen molar-refractivity contribution in [3.05, 3.63) is 61.1 Å². The van der Waals surface area contributed by atoms with E-state index >= 15 is 0 Å². The average molecular weight is 498 g/mol. The first kappa shape index (κ1) is 22.8. The molecule has 37 heavy (non-hydrogen) atoms. The van der Waals surface area contributed by atoms with Crippen molar-refractivity contribution in [2.45, 2.75) is 13.5 Å². The molecule has 10 nitrogen and oxygen atoms in total. The van der Waals surface area contributed by atoms with E-state index in [-0.39, 0.29) is 18.3 Å². The second-order valence-electron chi connectivity index (χ2n) is 8.96. The van der Waals surface area contributed by atoms with Gasteiger partial charge in [-0.3, -0.25) is 4.79 Å². The van der Waals surface area contributed by atoms with Gasteiger partial charge < -0.3 is 29.2 Å². The molecule has 2 N–H and O–H groups in total. The van der Waals surface area contributed by atoms with Gasteiger partial charge in [0.1, 0.15) is 23.5 Å². The van der Waals surface area contributed by atoms with Crippen LogP contribution in [0.3, 0.4) is 0 Å². The van der Waals surface area contributed by atoms with Gasteiger partial charge in [0.15, 0.2) is 5.65 Å². The number of para-hydroxylation sites is 1. The highest BCUT2D eigenvalue weighted by molar-refractivity contribution is 6.01. The molecule has 1 aliphatic heterocycles. The number of phenols is 1. The molecular weight excluding hydrogens is 470 g/mol. The summed E-state index contributed by atoms with van der Waals surface area (Å²) in [7, 11) is 0. The third kappa shape index (κ3) is 4.31. The van der Waals surface area contributed by atoms with E-state index < -0.39 is 0 Å². The molecule has 2 aromatic carbocycles. The fourth-order valence-corrected chi connectivity index (χ4v) is 4.82. The molecule has 6 rings (SSSR count). The number of H-pyrrole nitrogens is 1. The van der Waals surface area contributed by atoms with Gasteiger partial charge in [0.2, 0.25) is 5.95 Å². The number of esters is 1. The van der Waals surface area contributed by atoms with Crippen LogP contribution >= 0.6 is 0 Å². The molecule has 0 amide bonds. The summed E-state index contributed by atoms with van der Waals surface area (Å²) < 4.78 is 6.89. The smallest absolute Gasteiger partial charge is 0.326 e.